The molecule has 0 radical (unpaired) electrons. The van der Waals surface area contributed by atoms with Gasteiger partial charge in [-0.3, -0.25) is 14.4 Å². The van der Waals surface area contributed by atoms with Crippen molar-refractivity contribution >= 4 is 11.6 Å². The first-order chi connectivity index (χ1) is 15.1. The van der Waals surface area contributed by atoms with E-state index in [1.54, 1.807) is 12.1 Å². The molecule has 1 aliphatic rings. The Hall–Kier alpha value is -3.22. The van der Waals surface area contributed by atoms with Crippen LogP contribution in [-0.2, 0) is 26.1 Å². The van der Waals surface area contributed by atoms with E-state index in [0.29, 0.717) is 17.4 Å². The zero-order valence-corrected chi connectivity index (χ0v) is 17.7. The van der Waals surface area contributed by atoms with E-state index in [1.165, 1.54) is 5.56 Å². The summed E-state index contributed by atoms with van der Waals surface area (Å²) in [5, 5.41) is 5.15. The first-order valence-corrected chi connectivity index (χ1v) is 10.7. The van der Waals surface area contributed by atoms with Crippen LogP contribution in [-0.4, -0.2) is 31.2 Å². The SMILES string of the molecule is O=c1[nH]c(-c2ccc(Cl)cc2)nc2c1CN(Cc1cnn(Cc3ccccc3)c1)CC2. The monoisotopic (exact) mass is 431 g/mol. The van der Waals surface area contributed by atoms with Crippen molar-refractivity contribution in [2.45, 2.75) is 26.1 Å². The normalized spacial score (nSPS) is 13.8. The topological polar surface area (TPSA) is 66.8 Å². The molecule has 7 heteroatoms. The van der Waals surface area contributed by atoms with Gasteiger partial charge in [0.2, 0.25) is 0 Å². The van der Waals surface area contributed by atoms with E-state index in [2.05, 4.69) is 33.3 Å². The molecule has 0 unspecified atom stereocenters. The van der Waals surface area contributed by atoms with Gasteiger partial charge in [-0.25, -0.2) is 4.98 Å². The summed E-state index contributed by atoms with van der Waals surface area (Å²) < 4.78 is 1.95. The smallest absolute Gasteiger partial charge is 0.255 e. The third kappa shape index (κ3) is 4.45. The zero-order valence-electron chi connectivity index (χ0n) is 17.0. The second-order valence-electron chi connectivity index (χ2n) is 7.84. The molecule has 1 N–H and O–H groups in total. The fraction of sp³-hybridized carbons (Fsp3) is 0.208. The Balaban J connectivity index is 1.29. The number of aromatic nitrogens is 4. The average Bonchev–Trinajstić information content (AvgIpc) is 3.22. The summed E-state index contributed by atoms with van der Waals surface area (Å²) in [4.78, 5) is 22.7. The number of nitrogens with zero attached hydrogens (tertiary/aromatic N) is 4. The van der Waals surface area contributed by atoms with Gasteiger partial charge in [0.05, 0.1) is 24.0 Å². The van der Waals surface area contributed by atoms with Crippen LogP contribution in [0.1, 0.15) is 22.4 Å². The van der Waals surface area contributed by atoms with Crippen LogP contribution in [0.5, 0.6) is 0 Å². The summed E-state index contributed by atoms with van der Waals surface area (Å²) >= 11 is 5.97. The molecule has 0 aliphatic carbocycles. The first kappa shape index (κ1) is 19.7. The van der Waals surface area contributed by atoms with Gasteiger partial charge >= 0.3 is 0 Å². The first-order valence-electron chi connectivity index (χ1n) is 10.3. The predicted octanol–water partition coefficient (Wildman–Crippen LogP) is 3.89. The van der Waals surface area contributed by atoms with Crippen LogP contribution in [0, 0.1) is 0 Å². The highest BCUT2D eigenvalue weighted by Crippen LogP contribution is 2.21. The van der Waals surface area contributed by atoms with E-state index in [-0.39, 0.29) is 5.56 Å². The summed E-state index contributed by atoms with van der Waals surface area (Å²) in [6.07, 6.45) is 4.73. The van der Waals surface area contributed by atoms with E-state index < -0.39 is 0 Å². The summed E-state index contributed by atoms with van der Waals surface area (Å²) in [6, 6.07) is 17.6. The number of nitrogens with one attached hydrogen (secondary N) is 1. The molecule has 0 amide bonds. The van der Waals surface area contributed by atoms with E-state index >= 15 is 0 Å². The quantitative estimate of drug-likeness (QED) is 0.520. The van der Waals surface area contributed by atoms with Crippen molar-refractivity contribution in [1.29, 1.82) is 0 Å². The van der Waals surface area contributed by atoms with Crippen LogP contribution in [0.25, 0.3) is 11.4 Å². The molecule has 0 fully saturated rings. The van der Waals surface area contributed by atoms with Gasteiger partial charge in [0, 0.05) is 48.4 Å². The fourth-order valence-electron chi connectivity index (χ4n) is 3.96. The number of H-pyrrole nitrogens is 1. The molecule has 6 nitrogen and oxygen atoms in total. The number of benzene rings is 2. The lowest BCUT2D eigenvalue weighted by atomic mass is 10.1. The number of halogens is 1. The Bertz CT molecular complexity index is 1250. The van der Waals surface area contributed by atoms with Gasteiger partial charge < -0.3 is 4.98 Å². The Labute approximate surface area is 185 Å². The van der Waals surface area contributed by atoms with E-state index in [9.17, 15) is 4.79 Å². The molecule has 0 saturated carbocycles. The Morgan fingerprint density at radius 2 is 1.81 bits per heavy atom. The minimum atomic E-state index is -0.0700. The lowest BCUT2D eigenvalue weighted by Gasteiger charge is -2.27. The largest absolute Gasteiger partial charge is 0.306 e. The highest BCUT2D eigenvalue weighted by Gasteiger charge is 2.22. The third-order valence-corrected chi connectivity index (χ3v) is 5.80. The van der Waals surface area contributed by atoms with Crippen LogP contribution >= 0.6 is 11.6 Å². The molecule has 3 heterocycles. The zero-order chi connectivity index (χ0) is 21.2. The highest BCUT2D eigenvalue weighted by molar-refractivity contribution is 6.30. The average molecular weight is 432 g/mol. The summed E-state index contributed by atoms with van der Waals surface area (Å²) in [5.41, 5.74) is 4.78. The molecule has 5 rings (SSSR count). The molecule has 31 heavy (non-hydrogen) atoms. The van der Waals surface area contributed by atoms with Gasteiger partial charge in [0.15, 0.2) is 0 Å². The van der Waals surface area contributed by atoms with Crippen LogP contribution in [0.15, 0.2) is 71.8 Å². The van der Waals surface area contributed by atoms with Crippen molar-refractivity contribution in [2.75, 3.05) is 6.54 Å². The number of rotatable bonds is 5. The van der Waals surface area contributed by atoms with Crippen molar-refractivity contribution in [3.63, 3.8) is 0 Å². The standard InChI is InChI=1S/C24H22ClN5O/c25-20-8-6-19(7-9-20)23-27-22-10-11-29(16-21(22)24(31)28-23)13-18-12-26-30(15-18)14-17-4-2-1-3-5-17/h1-9,12,15H,10-11,13-14,16H2,(H,27,28,31). The number of hydrogen-bond acceptors (Lipinski definition) is 4. The number of fused-ring (bicyclic) bond motifs is 1. The molecular formula is C24H22ClN5O. The highest BCUT2D eigenvalue weighted by atomic mass is 35.5. The van der Waals surface area contributed by atoms with Crippen LogP contribution in [0.3, 0.4) is 0 Å². The molecule has 2 aromatic carbocycles. The van der Waals surface area contributed by atoms with Crippen LogP contribution < -0.4 is 5.56 Å². The van der Waals surface area contributed by atoms with Crippen molar-refractivity contribution in [1.82, 2.24) is 24.6 Å². The molecule has 0 spiro atoms. The Morgan fingerprint density at radius 3 is 2.61 bits per heavy atom. The Morgan fingerprint density at radius 1 is 1.00 bits per heavy atom. The minimum absolute atomic E-state index is 0.0700. The van der Waals surface area contributed by atoms with Gasteiger partial charge in [0.25, 0.3) is 5.56 Å². The molecule has 1 aliphatic heterocycles. The number of aromatic amines is 1. The molecule has 4 aromatic rings. The summed E-state index contributed by atoms with van der Waals surface area (Å²) in [7, 11) is 0. The van der Waals surface area contributed by atoms with E-state index in [4.69, 9.17) is 16.6 Å². The molecule has 0 saturated heterocycles. The molecular weight excluding hydrogens is 410 g/mol. The van der Waals surface area contributed by atoms with Gasteiger partial charge in [-0.15, -0.1) is 0 Å². The van der Waals surface area contributed by atoms with Gasteiger partial charge in [-0.05, 0) is 29.8 Å². The predicted molar refractivity (Wildman–Crippen MR) is 121 cm³/mol. The van der Waals surface area contributed by atoms with Gasteiger partial charge in [0.1, 0.15) is 5.82 Å². The summed E-state index contributed by atoms with van der Waals surface area (Å²) in [5.74, 6) is 0.594. The maximum Gasteiger partial charge on any atom is 0.255 e. The lowest BCUT2D eigenvalue weighted by molar-refractivity contribution is 0.242. The van der Waals surface area contributed by atoms with Crippen LogP contribution in [0.4, 0.5) is 0 Å². The minimum Gasteiger partial charge on any atom is -0.306 e. The Kier molecular flexibility index (Phi) is 5.40. The fourth-order valence-corrected chi connectivity index (χ4v) is 4.09. The second-order valence-corrected chi connectivity index (χ2v) is 8.28. The molecule has 2 aromatic heterocycles. The van der Waals surface area contributed by atoms with Crippen LogP contribution in [0.2, 0.25) is 5.02 Å². The van der Waals surface area contributed by atoms with Crippen molar-refractivity contribution in [3.05, 3.63) is 105 Å². The van der Waals surface area contributed by atoms with Gasteiger partial charge in [-0.1, -0.05) is 41.9 Å². The molecule has 0 atom stereocenters. The lowest BCUT2D eigenvalue weighted by Crippen LogP contribution is -2.35. The van der Waals surface area contributed by atoms with Crippen molar-refractivity contribution < 1.29 is 0 Å². The third-order valence-electron chi connectivity index (χ3n) is 5.55. The summed E-state index contributed by atoms with van der Waals surface area (Å²) in [6.45, 7) is 2.95. The molecule has 0 bridgehead atoms. The maximum absolute atomic E-state index is 12.8. The van der Waals surface area contributed by atoms with Crippen molar-refractivity contribution in [2.24, 2.45) is 0 Å². The number of hydrogen-bond donors (Lipinski definition) is 1. The van der Waals surface area contributed by atoms with E-state index in [1.807, 2.05) is 41.2 Å². The maximum atomic E-state index is 12.8. The van der Waals surface area contributed by atoms with Gasteiger partial charge in [-0.2, -0.15) is 5.10 Å². The van der Waals surface area contributed by atoms with E-state index in [0.717, 1.165) is 48.4 Å². The second kappa shape index (κ2) is 8.49. The molecule has 156 valence electrons. The van der Waals surface area contributed by atoms with Crippen molar-refractivity contribution in [3.8, 4) is 11.4 Å².